The first-order valence-corrected chi connectivity index (χ1v) is 8.92. The number of rotatable bonds is 5. The van der Waals surface area contributed by atoms with Gasteiger partial charge in [0.2, 0.25) is 10.0 Å². The molecule has 0 bridgehead atoms. The fourth-order valence-electron chi connectivity index (χ4n) is 2.83. The summed E-state index contributed by atoms with van der Waals surface area (Å²) in [4.78, 5) is 0.419. The quantitative estimate of drug-likeness (QED) is 0.903. The van der Waals surface area contributed by atoms with E-state index in [2.05, 4.69) is 5.32 Å². The molecule has 1 aromatic carbocycles. The summed E-state index contributed by atoms with van der Waals surface area (Å²) in [5, 5.41) is 3.45. The fourth-order valence-corrected chi connectivity index (χ4v) is 4.58. The largest absolute Gasteiger partial charge is 0.313 e. The van der Waals surface area contributed by atoms with Gasteiger partial charge in [-0.2, -0.15) is 4.31 Å². The highest BCUT2D eigenvalue weighted by Crippen LogP contribution is 2.32. The van der Waals surface area contributed by atoms with Crippen molar-refractivity contribution in [1.29, 1.82) is 0 Å². The Kier molecular flexibility index (Phi) is 4.10. The molecule has 4 nitrogen and oxygen atoms in total. The Hall–Kier alpha value is -0.910. The lowest BCUT2D eigenvalue weighted by atomic mass is 10.1. The Bertz CT molecular complexity index is 534. The molecular weight excluding hydrogens is 272 g/mol. The van der Waals surface area contributed by atoms with Crippen molar-refractivity contribution in [3.63, 3.8) is 0 Å². The van der Waals surface area contributed by atoms with Gasteiger partial charge in [-0.15, -0.1) is 0 Å². The van der Waals surface area contributed by atoms with Gasteiger partial charge < -0.3 is 5.32 Å². The minimum atomic E-state index is -3.34. The molecule has 1 saturated carbocycles. The smallest absolute Gasteiger partial charge is 0.243 e. The van der Waals surface area contributed by atoms with Crippen molar-refractivity contribution in [2.24, 2.45) is 0 Å². The molecule has 3 rings (SSSR count). The standard InChI is InChI=1S/C15H22N2O2S/c18-20(19,15-7-2-1-3-8-15)17(14-9-10-14)12-13-6-4-5-11-16-13/h1-3,7-8,13-14,16H,4-6,9-12H2. The zero-order chi connectivity index (χ0) is 14.0. The summed E-state index contributed by atoms with van der Waals surface area (Å²) in [5.41, 5.74) is 0. The van der Waals surface area contributed by atoms with Gasteiger partial charge in [0.15, 0.2) is 0 Å². The number of nitrogens with one attached hydrogen (secondary N) is 1. The molecule has 0 spiro atoms. The molecule has 1 unspecified atom stereocenters. The Morgan fingerprint density at radius 3 is 2.45 bits per heavy atom. The molecule has 1 aliphatic heterocycles. The van der Waals surface area contributed by atoms with E-state index in [0.717, 1.165) is 25.8 Å². The highest BCUT2D eigenvalue weighted by Gasteiger charge is 2.39. The van der Waals surface area contributed by atoms with Gasteiger partial charge in [-0.3, -0.25) is 0 Å². The summed E-state index contributed by atoms with van der Waals surface area (Å²) in [6.07, 6.45) is 5.47. The van der Waals surface area contributed by atoms with Gasteiger partial charge in [0.05, 0.1) is 4.90 Å². The minimum Gasteiger partial charge on any atom is -0.313 e. The van der Waals surface area contributed by atoms with Crippen LogP contribution in [-0.2, 0) is 10.0 Å². The SMILES string of the molecule is O=S(=O)(c1ccccc1)N(CC1CCCCN1)C1CC1. The van der Waals surface area contributed by atoms with E-state index in [1.54, 1.807) is 28.6 Å². The van der Waals surface area contributed by atoms with Crippen LogP contribution in [-0.4, -0.2) is 37.9 Å². The highest BCUT2D eigenvalue weighted by molar-refractivity contribution is 7.89. The first-order valence-electron chi connectivity index (χ1n) is 7.48. The van der Waals surface area contributed by atoms with Crippen LogP contribution in [0.4, 0.5) is 0 Å². The Morgan fingerprint density at radius 1 is 1.10 bits per heavy atom. The van der Waals surface area contributed by atoms with Crippen LogP contribution in [0.25, 0.3) is 0 Å². The van der Waals surface area contributed by atoms with Crippen LogP contribution in [0.5, 0.6) is 0 Å². The lowest BCUT2D eigenvalue weighted by molar-refractivity contribution is 0.307. The average Bonchev–Trinajstić information content (AvgIpc) is 3.31. The van der Waals surface area contributed by atoms with E-state index in [9.17, 15) is 8.42 Å². The number of piperidine rings is 1. The Morgan fingerprint density at radius 2 is 1.85 bits per heavy atom. The fraction of sp³-hybridized carbons (Fsp3) is 0.600. The van der Waals surface area contributed by atoms with Crippen molar-refractivity contribution in [3.05, 3.63) is 30.3 Å². The van der Waals surface area contributed by atoms with Crippen LogP contribution in [0, 0.1) is 0 Å². The van der Waals surface area contributed by atoms with Crippen LogP contribution in [0.2, 0.25) is 0 Å². The number of hydrogen-bond acceptors (Lipinski definition) is 3. The first-order chi connectivity index (χ1) is 9.68. The monoisotopic (exact) mass is 294 g/mol. The lowest BCUT2D eigenvalue weighted by Gasteiger charge is -2.30. The first kappa shape index (κ1) is 14.0. The van der Waals surface area contributed by atoms with Gasteiger partial charge in [0.25, 0.3) is 0 Å². The van der Waals surface area contributed by atoms with E-state index >= 15 is 0 Å². The maximum Gasteiger partial charge on any atom is 0.243 e. The average molecular weight is 294 g/mol. The summed E-state index contributed by atoms with van der Waals surface area (Å²) < 4.78 is 27.3. The minimum absolute atomic E-state index is 0.212. The van der Waals surface area contributed by atoms with Gasteiger partial charge in [-0.1, -0.05) is 24.6 Å². The summed E-state index contributed by atoms with van der Waals surface area (Å²) in [7, 11) is -3.34. The van der Waals surface area contributed by atoms with Crippen molar-refractivity contribution in [3.8, 4) is 0 Å². The highest BCUT2D eigenvalue weighted by atomic mass is 32.2. The zero-order valence-corrected chi connectivity index (χ0v) is 12.5. The van der Waals surface area contributed by atoms with E-state index in [1.165, 1.54) is 12.8 Å². The van der Waals surface area contributed by atoms with Crippen molar-refractivity contribution in [1.82, 2.24) is 9.62 Å². The molecule has 5 heteroatoms. The van der Waals surface area contributed by atoms with Gasteiger partial charge in [-0.05, 0) is 44.4 Å². The van der Waals surface area contributed by atoms with Crippen LogP contribution < -0.4 is 5.32 Å². The van der Waals surface area contributed by atoms with Crippen LogP contribution in [0.3, 0.4) is 0 Å². The third-order valence-corrected chi connectivity index (χ3v) is 6.05. The molecule has 1 N–H and O–H groups in total. The molecule has 1 atom stereocenters. The molecule has 1 heterocycles. The molecule has 2 fully saturated rings. The molecule has 1 aliphatic carbocycles. The van der Waals surface area contributed by atoms with Crippen LogP contribution in [0.1, 0.15) is 32.1 Å². The summed E-state index contributed by atoms with van der Waals surface area (Å²) in [6, 6.07) is 9.33. The predicted molar refractivity (Wildman–Crippen MR) is 79.0 cm³/mol. The van der Waals surface area contributed by atoms with Gasteiger partial charge in [-0.25, -0.2) is 8.42 Å². The van der Waals surface area contributed by atoms with E-state index < -0.39 is 10.0 Å². The molecular formula is C15H22N2O2S. The molecule has 1 saturated heterocycles. The third-order valence-electron chi connectivity index (χ3n) is 4.12. The molecule has 1 aromatic rings. The lowest BCUT2D eigenvalue weighted by Crippen LogP contribution is -2.46. The Labute approximate surface area is 121 Å². The molecule has 110 valence electrons. The number of sulfonamides is 1. The molecule has 20 heavy (non-hydrogen) atoms. The topological polar surface area (TPSA) is 49.4 Å². The molecule has 2 aliphatic rings. The van der Waals surface area contributed by atoms with Gasteiger partial charge >= 0.3 is 0 Å². The second-order valence-corrected chi connectivity index (χ2v) is 7.66. The summed E-state index contributed by atoms with van der Waals surface area (Å²) in [6.45, 7) is 1.62. The van der Waals surface area contributed by atoms with Crippen LogP contribution in [0.15, 0.2) is 35.2 Å². The Balaban J connectivity index is 1.79. The van der Waals surface area contributed by atoms with Crippen molar-refractivity contribution < 1.29 is 8.42 Å². The zero-order valence-electron chi connectivity index (χ0n) is 11.7. The number of hydrogen-bond donors (Lipinski definition) is 1. The summed E-state index contributed by atoms with van der Waals surface area (Å²) in [5.74, 6) is 0. The second kappa shape index (κ2) is 5.84. The van der Waals surface area contributed by atoms with Crippen molar-refractivity contribution >= 4 is 10.0 Å². The third kappa shape index (κ3) is 3.05. The van der Waals surface area contributed by atoms with Crippen molar-refractivity contribution in [2.75, 3.05) is 13.1 Å². The molecule has 0 amide bonds. The van der Waals surface area contributed by atoms with Gasteiger partial charge in [0.1, 0.15) is 0 Å². The van der Waals surface area contributed by atoms with E-state index in [4.69, 9.17) is 0 Å². The maximum absolute atomic E-state index is 12.8. The molecule has 0 aromatic heterocycles. The van der Waals surface area contributed by atoms with E-state index in [0.29, 0.717) is 17.5 Å². The predicted octanol–water partition coefficient (Wildman–Crippen LogP) is 1.98. The van der Waals surface area contributed by atoms with Crippen molar-refractivity contribution in [2.45, 2.75) is 49.1 Å². The van der Waals surface area contributed by atoms with Crippen LogP contribution >= 0.6 is 0 Å². The van der Waals surface area contributed by atoms with E-state index in [1.807, 2.05) is 6.07 Å². The molecule has 0 radical (unpaired) electrons. The van der Waals surface area contributed by atoms with Gasteiger partial charge in [0, 0.05) is 18.6 Å². The maximum atomic E-state index is 12.8. The second-order valence-electron chi connectivity index (χ2n) is 5.77. The number of nitrogens with zero attached hydrogens (tertiary/aromatic N) is 1. The van der Waals surface area contributed by atoms with E-state index in [-0.39, 0.29) is 6.04 Å². The normalized spacial score (nSPS) is 23.9. The summed E-state index contributed by atoms with van der Waals surface area (Å²) >= 11 is 0. The number of benzene rings is 1.